The van der Waals surface area contributed by atoms with Crippen LogP contribution in [0.25, 0.3) is 0 Å². The lowest BCUT2D eigenvalue weighted by Gasteiger charge is -2.11. The van der Waals surface area contributed by atoms with Gasteiger partial charge in [0.15, 0.2) is 5.88 Å². The van der Waals surface area contributed by atoms with Crippen LogP contribution in [-0.4, -0.2) is 29.2 Å². The average molecular weight is 262 g/mol. The van der Waals surface area contributed by atoms with Crippen LogP contribution in [0.1, 0.15) is 11.1 Å². The van der Waals surface area contributed by atoms with E-state index in [2.05, 4.69) is 0 Å². The highest BCUT2D eigenvalue weighted by molar-refractivity contribution is 7.85. The maximum Gasteiger partial charge on any atom is 0.269 e. The first-order valence-electron chi connectivity index (χ1n) is 4.83. The maximum absolute atomic E-state index is 11.9. The molecule has 7 nitrogen and oxygen atoms in total. The van der Waals surface area contributed by atoms with Crippen molar-refractivity contribution in [3.05, 3.63) is 27.5 Å². The third kappa shape index (κ3) is 3.29. The van der Waals surface area contributed by atoms with Gasteiger partial charge in [0.05, 0.1) is 0 Å². The smallest absolute Gasteiger partial charge is 0.269 e. The van der Waals surface area contributed by atoms with Gasteiger partial charge in [0.2, 0.25) is 0 Å². The van der Waals surface area contributed by atoms with Crippen LogP contribution in [-0.2, 0) is 22.4 Å². The van der Waals surface area contributed by atoms with Crippen LogP contribution >= 0.6 is 0 Å². The van der Waals surface area contributed by atoms with Crippen molar-refractivity contribution in [1.82, 2.24) is 4.57 Å². The first kappa shape index (κ1) is 13.7. The molecule has 1 heterocycles. The molecule has 0 saturated heterocycles. The van der Waals surface area contributed by atoms with Gasteiger partial charge >= 0.3 is 0 Å². The summed E-state index contributed by atoms with van der Waals surface area (Å²) in [4.78, 5) is 11.9. The Morgan fingerprint density at radius 1 is 1.47 bits per heavy atom. The topological polar surface area (TPSA) is 123 Å². The lowest BCUT2D eigenvalue weighted by molar-refractivity contribution is 0.406. The van der Waals surface area contributed by atoms with Crippen LogP contribution in [0, 0.1) is 6.92 Å². The van der Waals surface area contributed by atoms with Crippen LogP contribution in [0.15, 0.2) is 10.9 Å². The number of rotatable bonds is 4. The molecular weight excluding hydrogens is 248 g/mol. The lowest BCUT2D eigenvalue weighted by atomic mass is 10.2. The Kier molecular flexibility index (Phi) is 3.91. The Balaban J connectivity index is 3.41. The van der Waals surface area contributed by atoms with Gasteiger partial charge in [0, 0.05) is 24.7 Å². The van der Waals surface area contributed by atoms with Gasteiger partial charge < -0.3 is 10.8 Å². The van der Waals surface area contributed by atoms with E-state index in [-0.39, 0.29) is 24.5 Å². The number of nitrogens with zero attached hydrogens (tertiary/aromatic N) is 1. The molecule has 0 aliphatic rings. The van der Waals surface area contributed by atoms with Crippen molar-refractivity contribution in [2.24, 2.45) is 5.73 Å². The number of aromatic hydroxyl groups is 1. The Labute approximate surface area is 98.2 Å². The second-order valence-corrected chi connectivity index (χ2v) is 5.09. The number of nitrogens with two attached hydrogens (primary N) is 1. The molecule has 0 atom stereocenters. The van der Waals surface area contributed by atoms with Gasteiger partial charge in [-0.15, -0.1) is 0 Å². The molecule has 0 fully saturated rings. The zero-order valence-electron chi connectivity index (χ0n) is 9.25. The minimum absolute atomic E-state index is 0.0706. The highest BCUT2D eigenvalue weighted by Crippen LogP contribution is 2.13. The SMILES string of the molecule is Cc1cc(O)n(CCN)c(=O)c1CS(=O)(=O)O. The standard InChI is InChI=1S/C9H14N2O5S/c1-6-4-8(12)11(3-2-10)9(13)7(6)5-17(14,15)16/h4,12H,2-3,5,10H2,1H3,(H,14,15,16). The Morgan fingerprint density at radius 3 is 2.53 bits per heavy atom. The van der Waals surface area contributed by atoms with Crippen molar-refractivity contribution in [2.75, 3.05) is 6.54 Å². The molecule has 4 N–H and O–H groups in total. The molecule has 0 radical (unpaired) electrons. The monoisotopic (exact) mass is 262 g/mol. The highest BCUT2D eigenvalue weighted by Gasteiger charge is 2.16. The third-order valence-electron chi connectivity index (χ3n) is 2.28. The van der Waals surface area contributed by atoms with E-state index in [9.17, 15) is 18.3 Å². The van der Waals surface area contributed by atoms with E-state index in [1.165, 1.54) is 13.0 Å². The summed E-state index contributed by atoms with van der Waals surface area (Å²) in [6.07, 6.45) is 0. The molecular formula is C9H14N2O5S. The minimum Gasteiger partial charge on any atom is -0.494 e. The van der Waals surface area contributed by atoms with Crippen molar-refractivity contribution in [3.63, 3.8) is 0 Å². The van der Waals surface area contributed by atoms with Gasteiger partial charge in [0.25, 0.3) is 15.7 Å². The first-order chi connectivity index (χ1) is 7.76. The molecule has 0 unspecified atom stereocenters. The van der Waals surface area contributed by atoms with E-state index < -0.39 is 21.4 Å². The summed E-state index contributed by atoms with van der Waals surface area (Å²) in [6, 6.07) is 1.26. The molecule has 1 rings (SSSR count). The first-order valence-corrected chi connectivity index (χ1v) is 6.44. The zero-order chi connectivity index (χ0) is 13.2. The minimum atomic E-state index is -4.29. The van der Waals surface area contributed by atoms with E-state index in [0.717, 1.165) is 4.57 Å². The van der Waals surface area contributed by atoms with Crippen LogP contribution in [0.5, 0.6) is 5.88 Å². The fraction of sp³-hybridized carbons (Fsp3) is 0.444. The summed E-state index contributed by atoms with van der Waals surface area (Å²) in [6.45, 7) is 1.68. The number of aryl methyl sites for hydroxylation is 1. The predicted molar refractivity (Wildman–Crippen MR) is 61.4 cm³/mol. The summed E-state index contributed by atoms with van der Waals surface area (Å²) < 4.78 is 31.3. The maximum atomic E-state index is 11.9. The fourth-order valence-electron chi connectivity index (χ4n) is 1.50. The quantitative estimate of drug-likeness (QED) is 0.611. The number of aromatic nitrogens is 1. The number of hydrogen-bond donors (Lipinski definition) is 3. The van der Waals surface area contributed by atoms with E-state index in [1.54, 1.807) is 0 Å². The van der Waals surface area contributed by atoms with Gasteiger partial charge in [-0.25, -0.2) is 0 Å². The van der Waals surface area contributed by atoms with Crippen LogP contribution in [0.2, 0.25) is 0 Å². The van der Waals surface area contributed by atoms with E-state index >= 15 is 0 Å². The van der Waals surface area contributed by atoms with Gasteiger partial charge in [-0.1, -0.05) is 0 Å². The molecule has 0 amide bonds. The van der Waals surface area contributed by atoms with Gasteiger partial charge in [-0.2, -0.15) is 8.42 Å². The van der Waals surface area contributed by atoms with E-state index in [4.69, 9.17) is 10.3 Å². The molecule has 17 heavy (non-hydrogen) atoms. The molecule has 0 spiro atoms. The van der Waals surface area contributed by atoms with Crippen LogP contribution < -0.4 is 11.3 Å². The summed E-state index contributed by atoms with van der Waals surface area (Å²) in [7, 11) is -4.29. The molecule has 0 saturated carbocycles. The second-order valence-electron chi connectivity index (χ2n) is 3.64. The Morgan fingerprint density at radius 2 is 2.06 bits per heavy atom. The average Bonchev–Trinajstić information content (AvgIpc) is 2.18. The molecule has 1 aromatic rings. The fourth-order valence-corrected chi connectivity index (χ4v) is 2.21. The normalized spacial score (nSPS) is 11.7. The Hall–Kier alpha value is -1.38. The molecule has 8 heteroatoms. The lowest BCUT2D eigenvalue weighted by Crippen LogP contribution is -2.28. The third-order valence-corrected chi connectivity index (χ3v) is 2.93. The summed E-state index contributed by atoms with van der Waals surface area (Å²) in [5.74, 6) is -1.06. The molecule has 0 aliphatic carbocycles. The van der Waals surface area contributed by atoms with Gasteiger partial charge in [-0.3, -0.25) is 13.9 Å². The van der Waals surface area contributed by atoms with Crippen LogP contribution in [0.4, 0.5) is 0 Å². The molecule has 0 aliphatic heterocycles. The molecule has 0 bridgehead atoms. The van der Waals surface area contributed by atoms with E-state index in [0.29, 0.717) is 5.56 Å². The van der Waals surface area contributed by atoms with Crippen molar-refractivity contribution < 1.29 is 18.1 Å². The summed E-state index contributed by atoms with van der Waals surface area (Å²) >= 11 is 0. The van der Waals surface area contributed by atoms with Crippen molar-refractivity contribution in [2.45, 2.75) is 19.2 Å². The number of pyridine rings is 1. The zero-order valence-corrected chi connectivity index (χ0v) is 10.1. The van der Waals surface area contributed by atoms with E-state index in [1.807, 2.05) is 0 Å². The predicted octanol–water partition coefficient (Wildman–Crippen LogP) is -0.791. The molecule has 1 aromatic heterocycles. The second kappa shape index (κ2) is 4.86. The highest BCUT2D eigenvalue weighted by atomic mass is 32.2. The number of hydrogen-bond acceptors (Lipinski definition) is 5. The van der Waals surface area contributed by atoms with Gasteiger partial charge in [-0.05, 0) is 12.5 Å². The molecule has 0 aromatic carbocycles. The summed E-state index contributed by atoms with van der Waals surface area (Å²) in [5, 5.41) is 9.52. The Bertz CT molecular complexity index is 576. The van der Waals surface area contributed by atoms with Crippen LogP contribution in [0.3, 0.4) is 0 Å². The van der Waals surface area contributed by atoms with Crippen molar-refractivity contribution >= 4 is 10.1 Å². The molecule has 96 valence electrons. The van der Waals surface area contributed by atoms with Crippen molar-refractivity contribution in [3.8, 4) is 5.88 Å². The van der Waals surface area contributed by atoms with Crippen molar-refractivity contribution in [1.29, 1.82) is 0 Å². The summed E-state index contributed by atoms with van der Waals surface area (Å²) in [5.41, 5.74) is 4.85. The van der Waals surface area contributed by atoms with Gasteiger partial charge in [0.1, 0.15) is 5.75 Å². The largest absolute Gasteiger partial charge is 0.494 e.